The molecule has 31 atom stereocenters. The number of hydrogen-bond donors (Lipinski definition) is 20. The van der Waals surface area contributed by atoms with E-state index in [4.69, 9.17) is 56.8 Å². The van der Waals surface area contributed by atoms with E-state index in [1.165, 1.54) is 6.92 Å². The molecule has 6 aliphatic heterocycles. The third kappa shape index (κ3) is 13.7. The molecule has 0 saturated carbocycles. The predicted molar refractivity (Wildman–Crippen MR) is 233 cm³/mol. The molecule has 6 fully saturated rings. The third-order valence-corrected chi connectivity index (χ3v) is 13.8. The number of rotatable bonds is 22. The molecule has 2 amide bonds. The Morgan fingerprint density at radius 2 is 0.842 bits per heavy atom. The second-order valence-electron chi connectivity index (χ2n) is 19.0. The van der Waals surface area contributed by atoms with Crippen LogP contribution in [0, 0.1) is 0 Å². The van der Waals surface area contributed by atoms with E-state index in [2.05, 4.69) is 10.6 Å². The molecule has 76 heavy (non-hydrogen) atoms. The Balaban J connectivity index is 1.32. The third-order valence-electron chi connectivity index (χ3n) is 13.8. The first kappa shape index (κ1) is 62.9. The molecule has 6 rings (SSSR count). The molecule has 20 N–H and O–H groups in total. The van der Waals surface area contributed by atoms with Gasteiger partial charge in [-0.15, -0.1) is 0 Å². The van der Waals surface area contributed by atoms with Gasteiger partial charge in [-0.05, 0) is 6.92 Å². The molecule has 6 saturated heterocycles. The van der Waals surface area contributed by atoms with Crippen molar-refractivity contribution >= 4 is 12.3 Å². The summed E-state index contributed by atoms with van der Waals surface area (Å²) in [6, 6.07) is -2.88. The monoisotopic (exact) mass is 1120 g/mol. The summed E-state index contributed by atoms with van der Waals surface area (Å²) in [5, 5.41) is 198. The highest BCUT2D eigenvalue weighted by Crippen LogP contribution is 2.38. The number of aliphatic hydroxyl groups is 18. The quantitative estimate of drug-likeness (QED) is 0.0448. The molecule has 0 aromatic heterocycles. The maximum absolute atomic E-state index is 13.1. The van der Waals surface area contributed by atoms with Crippen molar-refractivity contribution in [2.75, 3.05) is 46.2 Å². The van der Waals surface area contributed by atoms with E-state index < -0.39 is 242 Å². The van der Waals surface area contributed by atoms with Gasteiger partial charge >= 0.3 is 0 Å². The van der Waals surface area contributed by atoms with Gasteiger partial charge in [0.05, 0.1) is 58.4 Å². The Bertz CT molecular complexity index is 1780. The minimum Gasteiger partial charge on any atom is -0.394 e. The van der Waals surface area contributed by atoms with Crippen LogP contribution in [0.5, 0.6) is 0 Å². The lowest BCUT2D eigenvalue weighted by molar-refractivity contribution is -0.397. The van der Waals surface area contributed by atoms with Gasteiger partial charge in [-0.3, -0.25) is 9.59 Å². The van der Waals surface area contributed by atoms with Gasteiger partial charge in [0.15, 0.2) is 37.7 Å². The van der Waals surface area contributed by atoms with Crippen LogP contribution in [0.1, 0.15) is 13.8 Å². The summed E-state index contributed by atoms with van der Waals surface area (Å²) in [7, 11) is 0. The van der Waals surface area contributed by atoms with Crippen LogP contribution in [0.2, 0.25) is 0 Å². The molecule has 0 aromatic rings. The van der Waals surface area contributed by atoms with Gasteiger partial charge in [0.1, 0.15) is 140 Å². The Hall–Kier alpha value is -2.26. The van der Waals surface area contributed by atoms with E-state index in [-0.39, 0.29) is 6.41 Å². The number of ether oxygens (including phenoxy) is 12. The largest absolute Gasteiger partial charge is 0.394 e. The fraction of sp³-hybridized carbons (Fsp3) is 0.952. The highest BCUT2D eigenvalue weighted by atomic mass is 16.8. The first-order valence-electron chi connectivity index (χ1n) is 24.2. The van der Waals surface area contributed by atoms with E-state index in [0.29, 0.717) is 0 Å². The highest BCUT2D eigenvalue weighted by Gasteiger charge is 2.59. The summed E-state index contributed by atoms with van der Waals surface area (Å²) >= 11 is 0. The zero-order valence-corrected chi connectivity index (χ0v) is 40.7. The summed E-state index contributed by atoms with van der Waals surface area (Å²) in [5.41, 5.74) is 0. The van der Waals surface area contributed by atoms with E-state index in [1.54, 1.807) is 0 Å². The van der Waals surface area contributed by atoms with Crippen LogP contribution < -0.4 is 10.6 Å². The van der Waals surface area contributed by atoms with Crippen LogP contribution in [0.15, 0.2) is 0 Å². The van der Waals surface area contributed by atoms with Gasteiger partial charge in [-0.1, -0.05) is 0 Å². The molecule has 34 nitrogen and oxygen atoms in total. The van der Waals surface area contributed by atoms with Gasteiger partial charge in [-0.25, -0.2) is 0 Å². The second-order valence-corrected chi connectivity index (χ2v) is 19.0. The van der Waals surface area contributed by atoms with Crippen molar-refractivity contribution in [3.63, 3.8) is 0 Å². The van der Waals surface area contributed by atoms with Crippen LogP contribution in [0.4, 0.5) is 0 Å². The average molecular weight is 1120 g/mol. The van der Waals surface area contributed by atoms with Crippen LogP contribution >= 0.6 is 0 Å². The Morgan fingerprint density at radius 3 is 1.34 bits per heavy atom. The highest BCUT2D eigenvalue weighted by molar-refractivity contribution is 5.73. The second kappa shape index (κ2) is 27.9. The van der Waals surface area contributed by atoms with E-state index in [1.807, 2.05) is 0 Å². The Labute approximate surface area is 431 Å². The molecule has 0 aliphatic carbocycles. The van der Waals surface area contributed by atoms with Crippen molar-refractivity contribution < 1.29 is 158 Å². The maximum atomic E-state index is 13.1. The maximum Gasteiger partial charge on any atom is 0.217 e. The summed E-state index contributed by atoms with van der Waals surface area (Å²) in [5.74, 6) is -0.924. The van der Waals surface area contributed by atoms with Crippen LogP contribution in [-0.4, -0.2) is 341 Å². The number of amides is 2. The minimum atomic E-state index is -2.27. The minimum absolute atomic E-state index is 0.271. The summed E-state index contributed by atoms with van der Waals surface area (Å²) in [6.07, 6.45) is -55.4. The van der Waals surface area contributed by atoms with Crippen LogP contribution in [0.3, 0.4) is 0 Å². The van der Waals surface area contributed by atoms with Crippen molar-refractivity contribution in [3.8, 4) is 0 Å². The molecule has 0 bridgehead atoms. The standard InChI is InChI=1S/C42H72N2O32/c1-11-20(53)24(57)27(60)39(66-11)73-33-18(8-50)70-37(19(44-12(2)52)34(33)74-42-31(64)36(23(56)16(6-48)69-42)76-40-28(61)25(58)21(54)14(4-46)67-40)75-35-22(55)15(5-47)68-41(30(35)63)72-32-17(7-49)71-38(29(62)26(32)59)65-9-13(3-45)43-10-51/h10-11,13-42,45-50,53-64H,3-9H2,1-2H3,(H,43,51)(H,44,52)/t11-,13+,14+,15+,16+,17+,18+,19+,20+,21-,22-,23-,24+,25-,26+,27-,28+,29+,30+,31+,32+,33+,34+,35-,36-,37-,38+,39-,40+,41-,42-/m0/s1. The summed E-state index contributed by atoms with van der Waals surface area (Å²) < 4.78 is 69.5. The van der Waals surface area contributed by atoms with Crippen molar-refractivity contribution in [2.45, 2.75) is 204 Å². The predicted octanol–water partition coefficient (Wildman–Crippen LogP) is -13.8. The van der Waals surface area contributed by atoms with Gasteiger partial charge in [-0.2, -0.15) is 0 Å². The first-order valence-corrected chi connectivity index (χ1v) is 24.2. The number of aliphatic hydroxyl groups excluding tert-OH is 18. The molecule has 6 heterocycles. The summed E-state index contributed by atoms with van der Waals surface area (Å²) in [4.78, 5) is 24.0. The molecule has 0 aromatic carbocycles. The smallest absolute Gasteiger partial charge is 0.217 e. The number of carbonyl (C=O) groups is 2. The van der Waals surface area contributed by atoms with Crippen molar-refractivity contribution in [1.29, 1.82) is 0 Å². The molecular formula is C42H72N2O32. The van der Waals surface area contributed by atoms with E-state index in [0.717, 1.165) is 6.92 Å². The molecular weight excluding hydrogens is 1040 g/mol. The van der Waals surface area contributed by atoms with Crippen molar-refractivity contribution in [2.24, 2.45) is 0 Å². The van der Waals surface area contributed by atoms with Gasteiger partial charge in [0, 0.05) is 6.92 Å². The van der Waals surface area contributed by atoms with Crippen molar-refractivity contribution in [3.05, 3.63) is 0 Å². The zero-order valence-electron chi connectivity index (χ0n) is 40.7. The topological polar surface area (TPSA) is 533 Å². The molecule has 0 spiro atoms. The average Bonchev–Trinajstić information content (AvgIpc) is 3.40. The molecule has 6 aliphatic rings. The number of carbonyl (C=O) groups excluding carboxylic acids is 2. The van der Waals surface area contributed by atoms with Gasteiger partial charge < -0.3 is 159 Å². The fourth-order valence-corrected chi connectivity index (χ4v) is 9.43. The normalized spacial score (nSPS) is 48.7. The van der Waals surface area contributed by atoms with Gasteiger partial charge in [0.25, 0.3) is 0 Å². The summed E-state index contributed by atoms with van der Waals surface area (Å²) in [6.45, 7) is -3.83. The lowest BCUT2D eigenvalue weighted by Crippen LogP contribution is -2.71. The Morgan fingerprint density at radius 1 is 0.447 bits per heavy atom. The number of hydrogen-bond acceptors (Lipinski definition) is 32. The Kier molecular flexibility index (Phi) is 23.1. The molecule has 0 radical (unpaired) electrons. The SMILES string of the molecule is CC(=O)N[C@H]1[C@H](O[C@H]2[C@@H](O)[C@@H](CO)O[C@@H](O[C@H]3[C@H](O)[C@@H](O)[C@H](OC[C@@H](CO)NC=O)O[C@@H]3CO)[C@@H]2O)O[C@H](CO)[C@@H](O[C@@H]2O[C@@H](C)[C@@H](O)[C@@H](O)[C@@H]2O)[C@@H]1O[C@@H]1O[C@H](CO)[C@H](O)[C@H](O[C@H]2O[C@H](CO)[C@H](O)[C@H](O)[C@H]2O)[C@H]1O. The van der Waals surface area contributed by atoms with Crippen LogP contribution in [0.25, 0.3) is 0 Å². The lowest BCUT2D eigenvalue weighted by Gasteiger charge is -2.52. The zero-order chi connectivity index (χ0) is 56.0. The van der Waals surface area contributed by atoms with Gasteiger partial charge in [0.2, 0.25) is 12.3 Å². The number of nitrogens with one attached hydrogen (secondary N) is 2. The van der Waals surface area contributed by atoms with Crippen LogP contribution in [-0.2, 0) is 66.4 Å². The van der Waals surface area contributed by atoms with E-state index in [9.17, 15) is 102 Å². The van der Waals surface area contributed by atoms with Crippen molar-refractivity contribution in [1.82, 2.24) is 10.6 Å². The fourth-order valence-electron chi connectivity index (χ4n) is 9.43. The molecule has 0 unspecified atom stereocenters. The van der Waals surface area contributed by atoms with E-state index >= 15 is 0 Å². The molecule has 34 heteroatoms. The molecule has 442 valence electrons. The first-order chi connectivity index (χ1) is 36.1. The lowest BCUT2D eigenvalue weighted by atomic mass is 9.93.